The topological polar surface area (TPSA) is 47.6 Å². The summed E-state index contributed by atoms with van der Waals surface area (Å²) in [5, 5.41) is 2.40. The highest BCUT2D eigenvalue weighted by Crippen LogP contribution is 2.34. The first-order valence-corrected chi connectivity index (χ1v) is 6.54. The minimum Gasteiger partial charge on any atom is -0.376 e. The fourth-order valence-corrected chi connectivity index (χ4v) is 2.00. The molecule has 110 valence electrons. The second-order valence-electron chi connectivity index (χ2n) is 4.12. The van der Waals surface area contributed by atoms with E-state index in [9.17, 15) is 18.0 Å². The third-order valence-electron chi connectivity index (χ3n) is 2.66. The van der Waals surface area contributed by atoms with Gasteiger partial charge in [0.05, 0.1) is 31.1 Å². The van der Waals surface area contributed by atoms with E-state index in [0.29, 0.717) is 11.1 Å². The molecule has 1 saturated heterocycles. The Balaban J connectivity index is 2.13. The second-order valence-corrected chi connectivity index (χ2v) is 4.97. The lowest BCUT2D eigenvalue weighted by atomic mass is 10.2. The number of hydrogen-bond acceptors (Lipinski definition) is 3. The standard InChI is InChI=1S/C12H11BrF3NO3/c13-8-2-1-7(12(14,15)16)5-9(8)17-11(18)10-6-19-3-4-20-10/h1-2,5,10H,3-4,6H2,(H,17,18). The molecular weight excluding hydrogens is 343 g/mol. The fraction of sp³-hybridized carbons (Fsp3) is 0.417. The van der Waals surface area contributed by atoms with Crippen LogP contribution < -0.4 is 5.32 Å². The third kappa shape index (κ3) is 3.71. The smallest absolute Gasteiger partial charge is 0.376 e. The van der Waals surface area contributed by atoms with Crippen molar-refractivity contribution in [2.45, 2.75) is 12.3 Å². The van der Waals surface area contributed by atoms with Crippen LogP contribution in [0.25, 0.3) is 0 Å². The summed E-state index contributed by atoms with van der Waals surface area (Å²) in [5.74, 6) is -0.537. The molecule has 1 aromatic carbocycles. The molecule has 8 heteroatoms. The molecule has 1 amide bonds. The lowest BCUT2D eigenvalue weighted by molar-refractivity contribution is -0.142. The maximum absolute atomic E-state index is 12.6. The van der Waals surface area contributed by atoms with Gasteiger partial charge in [-0.05, 0) is 34.1 Å². The molecule has 1 aliphatic heterocycles. The number of nitrogens with one attached hydrogen (secondary N) is 1. The zero-order valence-corrected chi connectivity index (χ0v) is 11.8. The van der Waals surface area contributed by atoms with E-state index in [2.05, 4.69) is 21.2 Å². The van der Waals surface area contributed by atoms with Crippen LogP contribution in [0, 0.1) is 0 Å². The van der Waals surface area contributed by atoms with Crippen LogP contribution in [-0.4, -0.2) is 31.8 Å². The average molecular weight is 354 g/mol. The molecule has 0 bridgehead atoms. The van der Waals surface area contributed by atoms with Gasteiger partial charge < -0.3 is 14.8 Å². The second kappa shape index (κ2) is 6.11. The first kappa shape index (κ1) is 15.3. The average Bonchev–Trinajstić information content (AvgIpc) is 2.41. The van der Waals surface area contributed by atoms with Gasteiger partial charge in [-0.15, -0.1) is 0 Å². The summed E-state index contributed by atoms with van der Waals surface area (Å²) in [6, 6.07) is 3.03. The van der Waals surface area contributed by atoms with E-state index < -0.39 is 23.8 Å². The summed E-state index contributed by atoms with van der Waals surface area (Å²) in [6.45, 7) is 0.765. The minimum atomic E-state index is -4.47. The van der Waals surface area contributed by atoms with Gasteiger partial charge in [0, 0.05) is 4.47 Å². The largest absolute Gasteiger partial charge is 0.416 e. The molecule has 0 saturated carbocycles. The van der Waals surface area contributed by atoms with Gasteiger partial charge in [-0.1, -0.05) is 0 Å². The van der Waals surface area contributed by atoms with Gasteiger partial charge in [0.15, 0.2) is 6.10 Å². The Labute approximate surface area is 121 Å². The third-order valence-corrected chi connectivity index (χ3v) is 3.35. The quantitative estimate of drug-likeness (QED) is 0.889. The summed E-state index contributed by atoms with van der Waals surface area (Å²) in [7, 11) is 0. The van der Waals surface area contributed by atoms with Crippen molar-refractivity contribution in [1.29, 1.82) is 0 Å². The van der Waals surface area contributed by atoms with Crippen LogP contribution in [0.5, 0.6) is 0 Å². The lowest BCUT2D eigenvalue weighted by Crippen LogP contribution is -2.39. The van der Waals surface area contributed by atoms with Crippen LogP contribution in [0.3, 0.4) is 0 Å². The Morgan fingerprint density at radius 3 is 2.70 bits per heavy atom. The van der Waals surface area contributed by atoms with Crippen molar-refractivity contribution in [1.82, 2.24) is 0 Å². The predicted molar refractivity (Wildman–Crippen MR) is 68.3 cm³/mol. The molecule has 1 heterocycles. The molecule has 1 N–H and O–H groups in total. The van der Waals surface area contributed by atoms with Crippen LogP contribution >= 0.6 is 15.9 Å². The van der Waals surface area contributed by atoms with Crippen LogP contribution in [0.1, 0.15) is 5.56 Å². The van der Waals surface area contributed by atoms with Crippen molar-refractivity contribution in [2.75, 3.05) is 25.1 Å². The van der Waals surface area contributed by atoms with Crippen molar-refractivity contribution in [3.8, 4) is 0 Å². The van der Waals surface area contributed by atoms with E-state index in [0.717, 1.165) is 12.1 Å². The normalized spacial score (nSPS) is 19.7. The van der Waals surface area contributed by atoms with E-state index in [1.165, 1.54) is 6.07 Å². The number of carbonyl (C=O) groups excluding carboxylic acids is 1. The summed E-state index contributed by atoms with van der Waals surface area (Å²) < 4.78 is 48.5. The van der Waals surface area contributed by atoms with Gasteiger partial charge in [0.1, 0.15) is 0 Å². The van der Waals surface area contributed by atoms with Gasteiger partial charge in [-0.2, -0.15) is 13.2 Å². The first-order valence-electron chi connectivity index (χ1n) is 5.75. The number of rotatable bonds is 2. The van der Waals surface area contributed by atoms with E-state index >= 15 is 0 Å². The van der Waals surface area contributed by atoms with Crippen molar-refractivity contribution >= 4 is 27.5 Å². The summed E-state index contributed by atoms with van der Waals surface area (Å²) in [6.07, 6.45) is -5.28. The van der Waals surface area contributed by atoms with Gasteiger partial charge in [0.2, 0.25) is 0 Å². The molecule has 0 aliphatic carbocycles. The molecule has 0 aromatic heterocycles. The van der Waals surface area contributed by atoms with Crippen molar-refractivity contribution < 1.29 is 27.4 Å². The van der Waals surface area contributed by atoms with Gasteiger partial charge in [-0.3, -0.25) is 4.79 Å². The van der Waals surface area contributed by atoms with Crippen LogP contribution in [-0.2, 0) is 20.4 Å². The zero-order valence-electron chi connectivity index (χ0n) is 10.2. The first-order chi connectivity index (χ1) is 9.38. The number of hydrogen-bond donors (Lipinski definition) is 1. The van der Waals surface area contributed by atoms with E-state index in [1.807, 2.05) is 0 Å². The monoisotopic (exact) mass is 353 g/mol. The summed E-state index contributed by atoms with van der Waals surface area (Å²) >= 11 is 3.10. The van der Waals surface area contributed by atoms with Crippen LogP contribution in [0.4, 0.5) is 18.9 Å². The maximum Gasteiger partial charge on any atom is 0.416 e. The maximum atomic E-state index is 12.6. The van der Waals surface area contributed by atoms with Crippen LogP contribution in [0.15, 0.2) is 22.7 Å². The lowest BCUT2D eigenvalue weighted by Gasteiger charge is -2.22. The van der Waals surface area contributed by atoms with Gasteiger partial charge in [0.25, 0.3) is 5.91 Å². The molecule has 1 unspecified atom stereocenters. The number of amides is 1. The SMILES string of the molecule is O=C(Nc1cc(C(F)(F)F)ccc1Br)C1COCCO1. The molecular formula is C12H11BrF3NO3. The van der Waals surface area contributed by atoms with Gasteiger partial charge >= 0.3 is 6.18 Å². The number of alkyl halides is 3. The zero-order chi connectivity index (χ0) is 14.8. The Bertz CT molecular complexity index is 501. The summed E-state index contributed by atoms with van der Waals surface area (Å²) in [5.41, 5.74) is -0.796. The van der Waals surface area contributed by atoms with Crippen molar-refractivity contribution in [3.63, 3.8) is 0 Å². The predicted octanol–water partition coefficient (Wildman–Crippen LogP) is 2.82. The molecule has 0 radical (unpaired) electrons. The highest BCUT2D eigenvalue weighted by molar-refractivity contribution is 9.10. The number of anilines is 1. The molecule has 1 aromatic rings. The molecule has 1 aliphatic rings. The van der Waals surface area contributed by atoms with Crippen LogP contribution in [0.2, 0.25) is 0 Å². The Morgan fingerprint density at radius 1 is 1.35 bits per heavy atom. The Morgan fingerprint density at radius 2 is 2.10 bits per heavy atom. The minimum absolute atomic E-state index is 0.0407. The molecule has 2 rings (SSSR count). The highest BCUT2D eigenvalue weighted by Gasteiger charge is 2.31. The van der Waals surface area contributed by atoms with Crippen molar-refractivity contribution in [3.05, 3.63) is 28.2 Å². The number of carbonyl (C=O) groups is 1. The Hall–Kier alpha value is -1.12. The molecule has 1 atom stereocenters. The fourth-order valence-electron chi connectivity index (χ4n) is 1.65. The number of ether oxygens (including phenoxy) is 2. The summed E-state index contributed by atoms with van der Waals surface area (Å²) in [4.78, 5) is 11.9. The molecule has 0 spiro atoms. The van der Waals surface area contributed by atoms with E-state index in [1.54, 1.807) is 0 Å². The highest BCUT2D eigenvalue weighted by atomic mass is 79.9. The molecule has 20 heavy (non-hydrogen) atoms. The van der Waals surface area contributed by atoms with Gasteiger partial charge in [-0.25, -0.2) is 0 Å². The number of halogens is 4. The number of benzene rings is 1. The van der Waals surface area contributed by atoms with Crippen molar-refractivity contribution in [2.24, 2.45) is 0 Å². The van der Waals surface area contributed by atoms with E-state index in [4.69, 9.17) is 9.47 Å². The molecule has 4 nitrogen and oxygen atoms in total. The van der Waals surface area contributed by atoms with E-state index in [-0.39, 0.29) is 18.9 Å². The molecule has 1 fully saturated rings. The Kier molecular flexibility index (Phi) is 4.66.